The highest BCUT2D eigenvalue weighted by molar-refractivity contribution is 5.95. The average Bonchev–Trinajstić information content (AvgIpc) is 2.43. The highest BCUT2D eigenvalue weighted by Gasteiger charge is 2.06. The first kappa shape index (κ1) is 15.4. The van der Waals surface area contributed by atoms with Crippen molar-refractivity contribution >= 4 is 23.5 Å². The molecular formula is C14H16N2O4. The molecule has 3 N–H and O–H groups in total. The highest BCUT2D eigenvalue weighted by atomic mass is 16.5. The summed E-state index contributed by atoms with van der Waals surface area (Å²) in [5.74, 6) is -1.57. The number of ether oxygens (including phenoxy) is 1. The summed E-state index contributed by atoms with van der Waals surface area (Å²) in [6.45, 7) is 1.51. The van der Waals surface area contributed by atoms with Gasteiger partial charge in [0.15, 0.2) is 6.61 Å². The van der Waals surface area contributed by atoms with Crippen molar-refractivity contribution in [1.29, 1.82) is 0 Å². The second kappa shape index (κ2) is 7.73. The van der Waals surface area contributed by atoms with Gasteiger partial charge in [-0.2, -0.15) is 0 Å². The molecule has 0 radical (unpaired) electrons. The fraction of sp³-hybridized carbons (Fsp3) is 0.214. The van der Waals surface area contributed by atoms with Gasteiger partial charge in [-0.1, -0.05) is 13.0 Å². The zero-order valence-electron chi connectivity index (χ0n) is 11.1. The Morgan fingerprint density at radius 3 is 2.45 bits per heavy atom. The molecule has 1 aromatic rings. The molecule has 6 nitrogen and oxygen atoms in total. The molecule has 1 rings (SSSR count). The van der Waals surface area contributed by atoms with Crippen molar-refractivity contribution in [2.75, 3.05) is 11.9 Å². The molecule has 0 bridgehead atoms. The molecule has 6 heteroatoms. The molecule has 0 spiro atoms. The van der Waals surface area contributed by atoms with Gasteiger partial charge in [-0.15, -0.1) is 0 Å². The summed E-state index contributed by atoms with van der Waals surface area (Å²) in [4.78, 5) is 33.5. The van der Waals surface area contributed by atoms with E-state index < -0.39 is 17.8 Å². The third-order valence-corrected chi connectivity index (χ3v) is 2.29. The Bertz CT molecular complexity index is 520. The second-order valence-corrected chi connectivity index (χ2v) is 3.91. The van der Waals surface area contributed by atoms with E-state index in [9.17, 15) is 14.4 Å². The van der Waals surface area contributed by atoms with Crippen LogP contribution >= 0.6 is 0 Å². The lowest BCUT2D eigenvalue weighted by Crippen LogP contribution is -2.20. The van der Waals surface area contributed by atoms with Crippen LogP contribution in [0.1, 0.15) is 23.7 Å². The van der Waals surface area contributed by atoms with Crippen molar-refractivity contribution in [2.24, 2.45) is 5.73 Å². The third-order valence-electron chi connectivity index (χ3n) is 2.29. The Balaban J connectivity index is 2.44. The van der Waals surface area contributed by atoms with Gasteiger partial charge in [-0.3, -0.25) is 9.59 Å². The molecule has 0 aromatic heterocycles. The van der Waals surface area contributed by atoms with E-state index >= 15 is 0 Å². The number of primary amides is 1. The number of anilines is 1. The van der Waals surface area contributed by atoms with Crippen LogP contribution in [0.25, 0.3) is 0 Å². The van der Waals surface area contributed by atoms with E-state index in [1.54, 1.807) is 6.08 Å². The van der Waals surface area contributed by atoms with Crippen LogP contribution in [0.5, 0.6) is 0 Å². The number of benzene rings is 1. The number of rotatable bonds is 6. The number of carbonyl (C=O) groups is 3. The molecule has 0 aliphatic rings. The number of carbonyl (C=O) groups excluding carboxylic acids is 3. The lowest BCUT2D eigenvalue weighted by atomic mass is 10.2. The quantitative estimate of drug-likeness (QED) is 0.603. The first-order valence-corrected chi connectivity index (χ1v) is 6.06. The molecular weight excluding hydrogens is 260 g/mol. The second-order valence-electron chi connectivity index (χ2n) is 3.91. The van der Waals surface area contributed by atoms with Crippen molar-refractivity contribution in [3.05, 3.63) is 42.0 Å². The number of hydrogen-bond acceptors (Lipinski definition) is 4. The fourth-order valence-electron chi connectivity index (χ4n) is 1.31. The number of allylic oxidation sites excluding steroid dienone is 1. The molecule has 0 atom stereocenters. The van der Waals surface area contributed by atoms with Crippen molar-refractivity contribution in [2.45, 2.75) is 13.3 Å². The maximum atomic E-state index is 11.5. The molecule has 0 aliphatic carbocycles. The zero-order chi connectivity index (χ0) is 15.0. The van der Waals surface area contributed by atoms with Crippen molar-refractivity contribution in [3.8, 4) is 0 Å². The average molecular weight is 276 g/mol. The molecule has 2 amide bonds. The molecule has 20 heavy (non-hydrogen) atoms. The van der Waals surface area contributed by atoms with Gasteiger partial charge >= 0.3 is 5.97 Å². The Morgan fingerprint density at radius 2 is 1.90 bits per heavy atom. The Kier molecular flexibility index (Phi) is 5.96. The van der Waals surface area contributed by atoms with Crippen LogP contribution in [-0.4, -0.2) is 24.4 Å². The number of amides is 2. The first-order valence-electron chi connectivity index (χ1n) is 6.06. The summed E-state index contributed by atoms with van der Waals surface area (Å²) in [7, 11) is 0. The smallest absolute Gasteiger partial charge is 0.330 e. The number of esters is 1. The van der Waals surface area contributed by atoms with Crippen LogP contribution in [0.2, 0.25) is 0 Å². The topological polar surface area (TPSA) is 98.5 Å². The van der Waals surface area contributed by atoms with Gasteiger partial charge in [0.25, 0.3) is 5.91 Å². The van der Waals surface area contributed by atoms with Crippen LogP contribution in [-0.2, 0) is 14.3 Å². The Labute approximate surface area is 116 Å². The maximum absolute atomic E-state index is 11.5. The van der Waals surface area contributed by atoms with Gasteiger partial charge in [0.2, 0.25) is 5.91 Å². The minimum atomic E-state index is -0.564. The van der Waals surface area contributed by atoms with E-state index in [1.165, 1.54) is 30.3 Å². The van der Waals surface area contributed by atoms with Crippen LogP contribution in [0.3, 0.4) is 0 Å². The number of nitrogens with one attached hydrogen (secondary N) is 1. The Morgan fingerprint density at radius 1 is 1.25 bits per heavy atom. The summed E-state index contributed by atoms with van der Waals surface area (Å²) < 4.78 is 4.73. The predicted molar refractivity (Wildman–Crippen MR) is 74.0 cm³/mol. The van der Waals surface area contributed by atoms with Crippen molar-refractivity contribution in [3.63, 3.8) is 0 Å². The van der Waals surface area contributed by atoms with Crippen LogP contribution in [0.15, 0.2) is 36.4 Å². The number of nitrogens with two attached hydrogens (primary N) is 1. The van der Waals surface area contributed by atoms with Gasteiger partial charge in [-0.25, -0.2) is 4.79 Å². The van der Waals surface area contributed by atoms with E-state index in [4.69, 9.17) is 10.5 Å². The van der Waals surface area contributed by atoms with Gasteiger partial charge in [0, 0.05) is 17.3 Å². The summed E-state index contributed by atoms with van der Waals surface area (Å²) in [6, 6.07) is 6.06. The predicted octanol–water partition coefficient (Wildman–Crippen LogP) is 1.23. The summed E-state index contributed by atoms with van der Waals surface area (Å²) >= 11 is 0. The third kappa shape index (κ3) is 5.34. The van der Waals surface area contributed by atoms with Gasteiger partial charge in [0.05, 0.1) is 0 Å². The van der Waals surface area contributed by atoms with Gasteiger partial charge in [-0.05, 0) is 30.7 Å². The van der Waals surface area contributed by atoms with E-state index in [2.05, 4.69) is 5.32 Å². The summed E-state index contributed by atoms with van der Waals surface area (Å²) in [5, 5.41) is 2.53. The molecule has 0 saturated heterocycles. The molecule has 1 aromatic carbocycles. The molecule has 0 aliphatic heterocycles. The molecule has 0 saturated carbocycles. The van der Waals surface area contributed by atoms with Crippen molar-refractivity contribution in [1.82, 2.24) is 0 Å². The van der Waals surface area contributed by atoms with Gasteiger partial charge in [0.1, 0.15) is 0 Å². The van der Waals surface area contributed by atoms with Crippen LogP contribution < -0.4 is 11.1 Å². The van der Waals surface area contributed by atoms with E-state index in [0.29, 0.717) is 17.7 Å². The first-order chi connectivity index (χ1) is 9.52. The lowest BCUT2D eigenvalue weighted by molar-refractivity contribution is -0.142. The maximum Gasteiger partial charge on any atom is 0.330 e. The summed E-state index contributed by atoms with van der Waals surface area (Å²) in [6.07, 6.45) is 3.63. The van der Waals surface area contributed by atoms with E-state index in [1.807, 2.05) is 6.92 Å². The number of hydrogen-bond donors (Lipinski definition) is 2. The van der Waals surface area contributed by atoms with Crippen molar-refractivity contribution < 1.29 is 19.1 Å². The largest absolute Gasteiger partial charge is 0.452 e. The van der Waals surface area contributed by atoms with Gasteiger partial charge < -0.3 is 15.8 Å². The fourth-order valence-corrected chi connectivity index (χ4v) is 1.31. The Hall–Kier alpha value is -2.63. The highest BCUT2D eigenvalue weighted by Crippen LogP contribution is 2.08. The zero-order valence-corrected chi connectivity index (χ0v) is 11.1. The van der Waals surface area contributed by atoms with E-state index in [-0.39, 0.29) is 6.61 Å². The van der Waals surface area contributed by atoms with E-state index in [0.717, 1.165) is 0 Å². The minimum Gasteiger partial charge on any atom is -0.452 e. The molecule has 106 valence electrons. The summed E-state index contributed by atoms with van der Waals surface area (Å²) in [5.41, 5.74) is 5.93. The standard InChI is InChI=1S/C14H16N2O4/c1-2-3-4-13(18)20-9-12(17)16-11-7-5-10(6-8-11)14(15)19/h3-8H,2,9H2,1H3,(H2,15,19)(H,16,17)/b4-3+. The SMILES string of the molecule is CC/C=C/C(=O)OCC(=O)Nc1ccc(C(N)=O)cc1. The monoisotopic (exact) mass is 276 g/mol. The molecule has 0 heterocycles. The van der Waals surface area contributed by atoms with Crippen LogP contribution in [0, 0.1) is 0 Å². The molecule has 0 unspecified atom stereocenters. The molecule has 0 fully saturated rings. The lowest BCUT2D eigenvalue weighted by Gasteiger charge is -2.05. The normalized spacial score (nSPS) is 10.2. The minimum absolute atomic E-state index is 0.346. The van der Waals surface area contributed by atoms with Crippen LogP contribution in [0.4, 0.5) is 5.69 Å².